The molecule has 2 N–H and O–H groups in total. The topological polar surface area (TPSA) is 70.7 Å². The Morgan fingerprint density at radius 2 is 1.84 bits per heavy atom. The average molecular weight is 347 g/mol. The summed E-state index contributed by atoms with van der Waals surface area (Å²) in [6.45, 7) is 4.38. The Bertz CT molecular complexity index is 516. The van der Waals surface area contributed by atoms with Gasteiger partial charge in [0.2, 0.25) is 5.91 Å². The molecule has 1 heterocycles. The Kier molecular flexibility index (Phi) is 8.83. The van der Waals surface area contributed by atoms with Gasteiger partial charge < -0.3 is 20.3 Å². The molecule has 1 fully saturated rings. The second kappa shape index (κ2) is 11.5. The molecule has 1 aromatic carbocycles. The third-order valence-electron chi connectivity index (χ3n) is 4.27. The second-order valence-electron chi connectivity index (χ2n) is 6.24. The van der Waals surface area contributed by atoms with Crippen molar-refractivity contribution < 1.29 is 14.3 Å². The number of rotatable bonds is 9. The average Bonchev–Trinajstić information content (AvgIpc) is 2.66. The molecule has 2 rings (SSSR count). The Morgan fingerprint density at radius 1 is 1.08 bits per heavy atom. The van der Waals surface area contributed by atoms with Gasteiger partial charge in [0.1, 0.15) is 0 Å². The van der Waals surface area contributed by atoms with Crippen molar-refractivity contribution in [1.29, 1.82) is 0 Å². The number of nitrogens with one attached hydrogen (secondary N) is 2. The van der Waals surface area contributed by atoms with Crippen molar-refractivity contribution in [3.05, 3.63) is 35.9 Å². The summed E-state index contributed by atoms with van der Waals surface area (Å²) in [7, 11) is 0. The Hall–Kier alpha value is -2.08. The van der Waals surface area contributed by atoms with E-state index in [-0.39, 0.29) is 12.0 Å². The van der Waals surface area contributed by atoms with Crippen LogP contribution in [0.5, 0.6) is 0 Å². The molecular weight excluding hydrogens is 318 g/mol. The highest BCUT2D eigenvalue weighted by Crippen LogP contribution is 2.04. The molecule has 0 atom stereocenters. The number of ether oxygens (including phenoxy) is 1. The molecule has 0 aliphatic carbocycles. The minimum absolute atomic E-state index is 0.245. The first-order chi connectivity index (χ1) is 12.3. The number of carbonyl (C=O) groups is 2. The van der Waals surface area contributed by atoms with Crippen molar-refractivity contribution in [1.82, 2.24) is 15.5 Å². The van der Waals surface area contributed by atoms with E-state index in [1.54, 1.807) is 0 Å². The Morgan fingerprint density at radius 3 is 2.60 bits per heavy atom. The highest BCUT2D eigenvalue weighted by Gasteiger charge is 2.15. The van der Waals surface area contributed by atoms with Crippen LogP contribution < -0.4 is 10.6 Å². The molecule has 0 bridgehead atoms. The summed E-state index contributed by atoms with van der Waals surface area (Å²) >= 11 is 0. The van der Waals surface area contributed by atoms with Crippen LogP contribution >= 0.6 is 0 Å². The minimum atomic E-state index is -0.368. The molecule has 2 amide bonds. The van der Waals surface area contributed by atoms with Gasteiger partial charge in [0.05, 0.1) is 6.61 Å². The number of hydrogen-bond donors (Lipinski definition) is 2. The minimum Gasteiger partial charge on any atom is -0.449 e. The molecule has 0 spiro atoms. The Labute approximate surface area is 149 Å². The van der Waals surface area contributed by atoms with E-state index in [0.717, 1.165) is 57.4 Å². The van der Waals surface area contributed by atoms with Crippen molar-refractivity contribution in [2.45, 2.75) is 32.1 Å². The highest BCUT2D eigenvalue weighted by molar-refractivity contribution is 5.76. The lowest BCUT2D eigenvalue weighted by molar-refractivity contribution is -0.131. The van der Waals surface area contributed by atoms with Crippen molar-refractivity contribution in [3.8, 4) is 0 Å². The van der Waals surface area contributed by atoms with E-state index in [1.807, 2.05) is 35.2 Å². The number of benzene rings is 1. The van der Waals surface area contributed by atoms with Crippen LogP contribution in [0.25, 0.3) is 0 Å². The van der Waals surface area contributed by atoms with E-state index in [4.69, 9.17) is 4.74 Å². The van der Waals surface area contributed by atoms with Gasteiger partial charge in [-0.25, -0.2) is 4.79 Å². The molecular formula is C19H29N3O3. The van der Waals surface area contributed by atoms with Crippen LogP contribution in [0.2, 0.25) is 0 Å². The fourth-order valence-corrected chi connectivity index (χ4v) is 2.80. The molecule has 25 heavy (non-hydrogen) atoms. The largest absolute Gasteiger partial charge is 0.449 e. The molecule has 0 aromatic heterocycles. The van der Waals surface area contributed by atoms with Gasteiger partial charge in [-0.2, -0.15) is 0 Å². The van der Waals surface area contributed by atoms with Gasteiger partial charge in [0, 0.05) is 45.6 Å². The number of nitrogens with zero attached hydrogens (tertiary/aromatic N) is 1. The number of unbranched alkanes of at least 4 members (excludes halogenated alkanes) is 2. The van der Waals surface area contributed by atoms with Gasteiger partial charge >= 0.3 is 6.09 Å². The molecule has 6 nitrogen and oxygen atoms in total. The quantitative estimate of drug-likeness (QED) is 0.670. The SMILES string of the molecule is O=C(NCCCCCC(=O)N1CCNCC1)OCCc1ccccc1. The smallest absolute Gasteiger partial charge is 0.407 e. The summed E-state index contributed by atoms with van der Waals surface area (Å²) in [5, 5.41) is 6.00. The molecule has 1 aliphatic rings. The summed E-state index contributed by atoms with van der Waals surface area (Å²) in [5.41, 5.74) is 1.16. The van der Waals surface area contributed by atoms with E-state index in [1.165, 1.54) is 0 Å². The third kappa shape index (κ3) is 8.03. The Balaban J connectivity index is 1.43. The summed E-state index contributed by atoms with van der Waals surface area (Å²) in [5.74, 6) is 0.245. The molecule has 6 heteroatoms. The van der Waals surface area contributed by atoms with E-state index in [0.29, 0.717) is 19.6 Å². The number of amides is 2. The van der Waals surface area contributed by atoms with Crippen molar-refractivity contribution in [2.75, 3.05) is 39.3 Å². The fourth-order valence-electron chi connectivity index (χ4n) is 2.80. The summed E-state index contributed by atoms with van der Waals surface area (Å²) < 4.78 is 5.15. The van der Waals surface area contributed by atoms with Crippen LogP contribution in [0, 0.1) is 0 Å². The van der Waals surface area contributed by atoms with Crippen molar-refractivity contribution >= 4 is 12.0 Å². The van der Waals surface area contributed by atoms with Gasteiger partial charge in [-0.1, -0.05) is 36.8 Å². The third-order valence-corrected chi connectivity index (χ3v) is 4.27. The van der Waals surface area contributed by atoms with Crippen LogP contribution in [0.1, 0.15) is 31.2 Å². The number of carbonyl (C=O) groups excluding carboxylic acids is 2. The molecule has 1 saturated heterocycles. The van der Waals surface area contributed by atoms with Crippen LogP contribution in [-0.4, -0.2) is 56.2 Å². The summed E-state index contributed by atoms with van der Waals surface area (Å²) in [6.07, 6.45) is 3.62. The molecule has 0 unspecified atom stereocenters. The van der Waals surface area contributed by atoms with Crippen molar-refractivity contribution in [3.63, 3.8) is 0 Å². The molecule has 138 valence electrons. The van der Waals surface area contributed by atoms with E-state index < -0.39 is 0 Å². The normalized spacial score (nSPS) is 14.2. The summed E-state index contributed by atoms with van der Waals surface area (Å²) in [6, 6.07) is 9.95. The zero-order chi connectivity index (χ0) is 17.7. The lowest BCUT2D eigenvalue weighted by Gasteiger charge is -2.27. The lowest BCUT2D eigenvalue weighted by Crippen LogP contribution is -2.46. The zero-order valence-electron chi connectivity index (χ0n) is 14.8. The maximum absolute atomic E-state index is 12.0. The molecule has 0 radical (unpaired) electrons. The lowest BCUT2D eigenvalue weighted by atomic mass is 10.1. The van der Waals surface area contributed by atoms with Gasteiger partial charge in [-0.15, -0.1) is 0 Å². The molecule has 1 aliphatic heterocycles. The predicted molar refractivity (Wildman–Crippen MR) is 97.4 cm³/mol. The van der Waals surface area contributed by atoms with Crippen LogP contribution in [-0.2, 0) is 16.0 Å². The van der Waals surface area contributed by atoms with Gasteiger partial charge in [0.25, 0.3) is 0 Å². The number of hydrogen-bond acceptors (Lipinski definition) is 4. The van der Waals surface area contributed by atoms with E-state index in [2.05, 4.69) is 10.6 Å². The zero-order valence-corrected chi connectivity index (χ0v) is 14.8. The highest BCUT2D eigenvalue weighted by atomic mass is 16.5. The first kappa shape index (κ1) is 19.2. The number of piperazine rings is 1. The predicted octanol–water partition coefficient (Wildman–Crippen LogP) is 1.95. The maximum atomic E-state index is 12.0. The van der Waals surface area contributed by atoms with Crippen LogP contribution in [0.15, 0.2) is 30.3 Å². The fraction of sp³-hybridized carbons (Fsp3) is 0.579. The van der Waals surface area contributed by atoms with Gasteiger partial charge in [0.15, 0.2) is 0 Å². The van der Waals surface area contributed by atoms with Gasteiger partial charge in [-0.3, -0.25) is 4.79 Å². The summed E-state index contributed by atoms with van der Waals surface area (Å²) in [4.78, 5) is 25.5. The van der Waals surface area contributed by atoms with Crippen LogP contribution in [0.3, 0.4) is 0 Å². The van der Waals surface area contributed by atoms with Crippen molar-refractivity contribution in [2.24, 2.45) is 0 Å². The standard InChI is InChI=1S/C19H29N3O3/c23-18(22-14-12-20-13-15-22)9-5-2-6-11-21-19(24)25-16-10-17-7-3-1-4-8-17/h1,3-4,7-8,20H,2,5-6,9-16H2,(H,21,24). The maximum Gasteiger partial charge on any atom is 0.407 e. The van der Waals surface area contributed by atoms with Gasteiger partial charge in [-0.05, 0) is 18.4 Å². The monoisotopic (exact) mass is 347 g/mol. The van der Waals surface area contributed by atoms with E-state index >= 15 is 0 Å². The van der Waals surface area contributed by atoms with Crippen LogP contribution in [0.4, 0.5) is 4.79 Å². The second-order valence-corrected chi connectivity index (χ2v) is 6.24. The number of alkyl carbamates (subject to hydrolysis) is 1. The molecule has 0 saturated carbocycles. The first-order valence-electron chi connectivity index (χ1n) is 9.19. The van der Waals surface area contributed by atoms with E-state index in [9.17, 15) is 9.59 Å². The first-order valence-corrected chi connectivity index (χ1v) is 9.19. The molecule has 1 aromatic rings.